The van der Waals surface area contributed by atoms with Crippen molar-refractivity contribution < 1.29 is 13.2 Å². The molecule has 8 heteroatoms. The Kier molecular flexibility index (Phi) is 5.13. The molecule has 1 aliphatic rings. The van der Waals surface area contributed by atoms with E-state index in [1.165, 1.54) is 6.20 Å². The topological polar surface area (TPSA) is 91.4 Å². The van der Waals surface area contributed by atoms with E-state index in [0.717, 1.165) is 5.69 Å². The third-order valence-corrected chi connectivity index (χ3v) is 6.01. The summed E-state index contributed by atoms with van der Waals surface area (Å²) in [5, 5.41) is 5.99. The third kappa shape index (κ3) is 4.51. The lowest BCUT2D eigenvalue weighted by molar-refractivity contribution is 0.102. The summed E-state index contributed by atoms with van der Waals surface area (Å²) in [6, 6.07) is 10.7. The molecule has 2 N–H and O–H groups in total. The Bertz CT molecular complexity index is 895. The molecule has 1 atom stereocenters. The van der Waals surface area contributed by atoms with E-state index in [1.807, 2.05) is 43.3 Å². The lowest BCUT2D eigenvalue weighted by Gasteiger charge is -2.14. The predicted octanol–water partition coefficient (Wildman–Crippen LogP) is 2.00. The summed E-state index contributed by atoms with van der Waals surface area (Å²) in [7, 11) is 0.947. The van der Waals surface area contributed by atoms with Gasteiger partial charge in [0.2, 0.25) is 0 Å². The molecule has 0 spiro atoms. The van der Waals surface area contributed by atoms with Crippen LogP contribution in [0.5, 0.6) is 0 Å². The highest BCUT2D eigenvalue weighted by Gasteiger charge is 2.27. The van der Waals surface area contributed by atoms with Crippen molar-refractivity contribution in [2.24, 2.45) is 0 Å². The number of pyridine rings is 1. The van der Waals surface area contributed by atoms with Gasteiger partial charge in [0.05, 0.1) is 11.5 Å². The van der Waals surface area contributed by atoms with Gasteiger partial charge in [-0.25, -0.2) is 8.42 Å². The van der Waals surface area contributed by atoms with Crippen molar-refractivity contribution >= 4 is 32.8 Å². The number of anilines is 3. The number of nitrogens with zero attached hydrogens (tertiary/aromatic N) is 2. The lowest BCUT2D eigenvalue weighted by Crippen LogP contribution is -2.21. The number of hydrogen-bond donors (Lipinski definition) is 2. The second-order valence-corrected chi connectivity index (χ2v) is 8.80. The van der Waals surface area contributed by atoms with Crippen LogP contribution >= 0.6 is 0 Å². The van der Waals surface area contributed by atoms with Crippen molar-refractivity contribution in [2.45, 2.75) is 12.5 Å². The second-order valence-electron chi connectivity index (χ2n) is 6.57. The van der Waals surface area contributed by atoms with E-state index in [0.29, 0.717) is 17.8 Å². The van der Waals surface area contributed by atoms with Crippen LogP contribution in [0.3, 0.4) is 0 Å². The zero-order valence-corrected chi connectivity index (χ0v) is 15.6. The van der Waals surface area contributed by atoms with Crippen molar-refractivity contribution in [3.8, 4) is 0 Å². The zero-order valence-electron chi connectivity index (χ0n) is 14.8. The van der Waals surface area contributed by atoms with E-state index in [-0.39, 0.29) is 29.1 Å². The van der Waals surface area contributed by atoms with Crippen LogP contribution in [-0.2, 0) is 9.84 Å². The molecular weight excluding hydrogens is 352 g/mol. The molecule has 1 saturated heterocycles. The Morgan fingerprint density at radius 1 is 1.15 bits per heavy atom. The van der Waals surface area contributed by atoms with Gasteiger partial charge in [-0.15, -0.1) is 0 Å². The van der Waals surface area contributed by atoms with E-state index >= 15 is 0 Å². The number of rotatable bonds is 5. The molecule has 2 heterocycles. The molecule has 1 amide bonds. The lowest BCUT2D eigenvalue weighted by atomic mass is 10.2. The molecule has 1 unspecified atom stereocenters. The average Bonchev–Trinajstić information content (AvgIpc) is 2.94. The van der Waals surface area contributed by atoms with E-state index in [2.05, 4.69) is 15.6 Å². The van der Waals surface area contributed by atoms with Crippen molar-refractivity contribution in [3.05, 3.63) is 48.3 Å². The highest BCUT2D eigenvalue weighted by molar-refractivity contribution is 7.91. The molecular formula is C18H22N4O3S. The molecule has 0 aliphatic carbocycles. The van der Waals surface area contributed by atoms with Gasteiger partial charge in [0.25, 0.3) is 5.91 Å². The summed E-state index contributed by atoms with van der Waals surface area (Å²) in [5.74, 6) is 0.00601. The highest BCUT2D eigenvalue weighted by Crippen LogP contribution is 2.19. The Hall–Kier alpha value is -2.61. The maximum absolute atomic E-state index is 12.4. The fourth-order valence-electron chi connectivity index (χ4n) is 2.83. The number of carbonyl (C=O) groups excluding carboxylic acids is 1. The molecule has 7 nitrogen and oxygen atoms in total. The van der Waals surface area contributed by atoms with E-state index in [9.17, 15) is 13.2 Å². The van der Waals surface area contributed by atoms with Crippen LogP contribution < -0.4 is 15.5 Å². The maximum atomic E-state index is 12.4. The van der Waals surface area contributed by atoms with E-state index < -0.39 is 9.84 Å². The Labute approximate surface area is 153 Å². The first kappa shape index (κ1) is 18.2. The number of sulfone groups is 1. The average molecular weight is 374 g/mol. The van der Waals surface area contributed by atoms with Gasteiger partial charge in [-0.1, -0.05) is 0 Å². The van der Waals surface area contributed by atoms with Gasteiger partial charge in [-0.3, -0.25) is 9.78 Å². The van der Waals surface area contributed by atoms with Gasteiger partial charge in [0, 0.05) is 43.4 Å². The molecule has 1 aromatic carbocycles. The Morgan fingerprint density at radius 2 is 1.88 bits per heavy atom. The number of aromatic nitrogens is 1. The van der Waals surface area contributed by atoms with Crippen LogP contribution in [0.1, 0.15) is 16.9 Å². The normalized spacial score (nSPS) is 18.3. The van der Waals surface area contributed by atoms with E-state index in [1.54, 1.807) is 12.1 Å². The smallest absolute Gasteiger partial charge is 0.274 e. The molecule has 2 aromatic rings. The van der Waals surface area contributed by atoms with Gasteiger partial charge in [-0.2, -0.15) is 0 Å². The summed E-state index contributed by atoms with van der Waals surface area (Å²) < 4.78 is 23.1. The molecule has 1 aromatic heterocycles. The number of hydrogen-bond acceptors (Lipinski definition) is 6. The zero-order chi connectivity index (χ0) is 18.7. The quantitative estimate of drug-likeness (QED) is 0.832. The number of carbonyl (C=O) groups is 1. The van der Waals surface area contributed by atoms with Crippen molar-refractivity contribution in [2.75, 3.05) is 41.1 Å². The van der Waals surface area contributed by atoms with Crippen LogP contribution in [0.4, 0.5) is 17.1 Å². The van der Waals surface area contributed by atoms with Gasteiger partial charge >= 0.3 is 0 Å². The summed E-state index contributed by atoms with van der Waals surface area (Å²) >= 11 is 0. The standard InChI is InChI=1S/C18H22N4O3S/c1-22(2)16-5-3-13(4-6-16)21-18(23)17-11-14(7-9-19-17)20-15-8-10-26(24,25)12-15/h3-7,9,11,15H,8,10,12H2,1-2H3,(H,19,20)(H,21,23). The largest absolute Gasteiger partial charge is 0.381 e. The summed E-state index contributed by atoms with van der Waals surface area (Å²) in [4.78, 5) is 18.5. The van der Waals surface area contributed by atoms with Crippen LogP contribution in [0.15, 0.2) is 42.6 Å². The molecule has 1 fully saturated rings. The van der Waals surface area contributed by atoms with Crippen molar-refractivity contribution in [1.82, 2.24) is 4.98 Å². The first-order chi connectivity index (χ1) is 12.3. The molecule has 138 valence electrons. The molecule has 3 rings (SSSR count). The van der Waals surface area contributed by atoms with Crippen LogP contribution in [0.2, 0.25) is 0 Å². The fraction of sp³-hybridized carbons (Fsp3) is 0.333. The van der Waals surface area contributed by atoms with Crippen LogP contribution in [-0.4, -0.2) is 51.0 Å². The minimum atomic E-state index is -2.95. The predicted molar refractivity (Wildman–Crippen MR) is 104 cm³/mol. The second kappa shape index (κ2) is 7.33. The molecule has 26 heavy (non-hydrogen) atoms. The van der Waals surface area contributed by atoms with Crippen LogP contribution in [0.25, 0.3) is 0 Å². The first-order valence-electron chi connectivity index (χ1n) is 8.34. The molecule has 0 saturated carbocycles. The Balaban J connectivity index is 1.66. The molecule has 0 radical (unpaired) electrons. The number of nitrogens with one attached hydrogen (secondary N) is 2. The van der Waals surface area contributed by atoms with Gasteiger partial charge < -0.3 is 15.5 Å². The molecule has 1 aliphatic heterocycles. The van der Waals surface area contributed by atoms with Gasteiger partial charge in [0.1, 0.15) is 5.69 Å². The third-order valence-electron chi connectivity index (χ3n) is 4.24. The monoisotopic (exact) mass is 374 g/mol. The number of amides is 1. The minimum absolute atomic E-state index is 0.120. The van der Waals surface area contributed by atoms with Gasteiger partial charge in [0.15, 0.2) is 9.84 Å². The van der Waals surface area contributed by atoms with Crippen molar-refractivity contribution in [3.63, 3.8) is 0 Å². The van der Waals surface area contributed by atoms with Gasteiger partial charge in [-0.05, 0) is 42.8 Å². The molecule has 0 bridgehead atoms. The van der Waals surface area contributed by atoms with E-state index in [4.69, 9.17) is 0 Å². The van der Waals surface area contributed by atoms with Crippen LogP contribution in [0, 0.1) is 0 Å². The Morgan fingerprint density at radius 3 is 2.50 bits per heavy atom. The fourth-order valence-corrected chi connectivity index (χ4v) is 4.50. The summed E-state index contributed by atoms with van der Waals surface area (Å²) in [6.45, 7) is 0. The maximum Gasteiger partial charge on any atom is 0.274 e. The number of benzene rings is 1. The SMILES string of the molecule is CN(C)c1ccc(NC(=O)c2cc(NC3CCS(=O)(=O)C3)ccn2)cc1. The summed E-state index contributed by atoms with van der Waals surface area (Å²) in [6.07, 6.45) is 2.11. The first-order valence-corrected chi connectivity index (χ1v) is 10.2. The highest BCUT2D eigenvalue weighted by atomic mass is 32.2. The van der Waals surface area contributed by atoms with Crippen molar-refractivity contribution in [1.29, 1.82) is 0 Å². The summed E-state index contributed by atoms with van der Waals surface area (Å²) in [5.41, 5.74) is 2.68. The minimum Gasteiger partial charge on any atom is -0.381 e.